The third-order valence-electron chi connectivity index (χ3n) is 4.89. The Bertz CT molecular complexity index is 238. The molecule has 1 aliphatic heterocycles. The lowest BCUT2D eigenvalue weighted by Crippen LogP contribution is -2.46. The average Bonchev–Trinajstić information content (AvgIpc) is 2.28. The summed E-state index contributed by atoms with van der Waals surface area (Å²) in [5.41, 5.74) is 0.470. The van der Waals surface area contributed by atoms with Gasteiger partial charge < -0.3 is 10.0 Å². The van der Waals surface area contributed by atoms with Crippen molar-refractivity contribution in [3.05, 3.63) is 0 Å². The molecular formula is C15H29NO. The summed E-state index contributed by atoms with van der Waals surface area (Å²) >= 11 is 0. The lowest BCUT2D eigenvalue weighted by atomic mass is 9.75. The number of piperidine rings is 1. The zero-order chi connectivity index (χ0) is 12.5. The Labute approximate surface area is 106 Å². The normalized spacial score (nSPS) is 33.9. The van der Waals surface area contributed by atoms with E-state index in [1.165, 1.54) is 38.8 Å². The number of nitrogens with zero attached hydrogens (tertiary/aromatic N) is 1. The van der Waals surface area contributed by atoms with Crippen LogP contribution in [0.4, 0.5) is 0 Å². The van der Waals surface area contributed by atoms with Gasteiger partial charge in [0.1, 0.15) is 0 Å². The van der Waals surface area contributed by atoms with Crippen LogP contribution in [0, 0.1) is 11.3 Å². The fraction of sp³-hybridized carbons (Fsp3) is 1.00. The standard InChI is InChI=1S/C15H29NO/c1-15(2,3)12-7-9-16(10-8-12)13-5-4-6-14(17)11-13/h12-14,17H,4-11H2,1-3H3. The minimum atomic E-state index is -0.0333. The van der Waals surface area contributed by atoms with E-state index in [0.717, 1.165) is 18.8 Å². The molecule has 2 heteroatoms. The molecule has 1 heterocycles. The van der Waals surface area contributed by atoms with E-state index in [9.17, 15) is 5.11 Å². The second-order valence-corrected chi connectivity index (χ2v) is 7.15. The zero-order valence-electron chi connectivity index (χ0n) is 11.8. The van der Waals surface area contributed by atoms with Gasteiger partial charge in [-0.3, -0.25) is 0 Å². The van der Waals surface area contributed by atoms with Crippen molar-refractivity contribution < 1.29 is 5.11 Å². The van der Waals surface area contributed by atoms with Crippen LogP contribution < -0.4 is 0 Å². The Morgan fingerprint density at radius 2 is 1.65 bits per heavy atom. The van der Waals surface area contributed by atoms with E-state index in [4.69, 9.17) is 0 Å². The van der Waals surface area contributed by atoms with Gasteiger partial charge >= 0.3 is 0 Å². The molecule has 2 atom stereocenters. The molecule has 0 amide bonds. The van der Waals surface area contributed by atoms with Gasteiger partial charge in [-0.1, -0.05) is 20.8 Å². The van der Waals surface area contributed by atoms with Gasteiger partial charge in [-0.2, -0.15) is 0 Å². The fourth-order valence-electron chi connectivity index (χ4n) is 3.60. The summed E-state index contributed by atoms with van der Waals surface area (Å²) in [5.74, 6) is 0.882. The van der Waals surface area contributed by atoms with Crippen molar-refractivity contribution in [2.24, 2.45) is 11.3 Å². The number of hydrogen-bond acceptors (Lipinski definition) is 2. The predicted octanol–water partition coefficient (Wildman–Crippen LogP) is 3.05. The van der Waals surface area contributed by atoms with Gasteiger partial charge in [-0.05, 0) is 62.9 Å². The maximum Gasteiger partial charge on any atom is 0.0555 e. The largest absolute Gasteiger partial charge is 0.393 e. The molecule has 0 radical (unpaired) electrons. The van der Waals surface area contributed by atoms with Gasteiger partial charge in [0.25, 0.3) is 0 Å². The van der Waals surface area contributed by atoms with Crippen LogP contribution >= 0.6 is 0 Å². The first-order valence-electron chi connectivity index (χ1n) is 7.39. The molecule has 2 fully saturated rings. The number of hydrogen-bond donors (Lipinski definition) is 1. The highest BCUT2D eigenvalue weighted by atomic mass is 16.3. The zero-order valence-corrected chi connectivity index (χ0v) is 11.8. The summed E-state index contributed by atoms with van der Waals surface area (Å²) in [6.45, 7) is 9.62. The fourth-order valence-corrected chi connectivity index (χ4v) is 3.60. The molecule has 1 saturated heterocycles. The number of rotatable bonds is 1. The van der Waals surface area contributed by atoms with Crippen LogP contribution in [0.15, 0.2) is 0 Å². The quantitative estimate of drug-likeness (QED) is 0.760. The second kappa shape index (κ2) is 5.27. The van der Waals surface area contributed by atoms with Gasteiger partial charge in [0.2, 0.25) is 0 Å². The highest BCUT2D eigenvalue weighted by molar-refractivity contribution is 4.86. The molecular weight excluding hydrogens is 210 g/mol. The molecule has 2 unspecified atom stereocenters. The van der Waals surface area contributed by atoms with Crippen molar-refractivity contribution in [3.8, 4) is 0 Å². The Balaban J connectivity index is 1.82. The van der Waals surface area contributed by atoms with Crippen LogP contribution in [0.5, 0.6) is 0 Å². The van der Waals surface area contributed by atoms with Crippen LogP contribution in [0.25, 0.3) is 0 Å². The summed E-state index contributed by atoms with van der Waals surface area (Å²) in [7, 11) is 0. The Kier molecular flexibility index (Phi) is 4.14. The van der Waals surface area contributed by atoms with Crippen LogP contribution in [0.2, 0.25) is 0 Å². The van der Waals surface area contributed by atoms with Gasteiger partial charge in [-0.15, -0.1) is 0 Å². The first-order chi connectivity index (χ1) is 7.97. The maximum absolute atomic E-state index is 9.76. The highest BCUT2D eigenvalue weighted by Crippen LogP contribution is 2.36. The third-order valence-corrected chi connectivity index (χ3v) is 4.89. The minimum Gasteiger partial charge on any atom is -0.393 e. The van der Waals surface area contributed by atoms with Gasteiger partial charge in [0.05, 0.1) is 6.10 Å². The third kappa shape index (κ3) is 3.45. The lowest BCUT2D eigenvalue weighted by Gasteiger charge is -2.43. The van der Waals surface area contributed by atoms with Crippen LogP contribution in [-0.4, -0.2) is 35.2 Å². The van der Waals surface area contributed by atoms with E-state index in [1.807, 2.05) is 0 Å². The molecule has 1 aliphatic carbocycles. The summed E-state index contributed by atoms with van der Waals surface area (Å²) in [6.07, 6.45) is 7.21. The molecule has 0 aromatic carbocycles. The van der Waals surface area contributed by atoms with Crippen molar-refractivity contribution in [1.82, 2.24) is 4.90 Å². The highest BCUT2D eigenvalue weighted by Gasteiger charge is 2.32. The smallest absolute Gasteiger partial charge is 0.0555 e. The Morgan fingerprint density at radius 3 is 2.18 bits per heavy atom. The van der Waals surface area contributed by atoms with Crippen molar-refractivity contribution in [3.63, 3.8) is 0 Å². The SMILES string of the molecule is CC(C)(C)C1CCN(C2CCCC(O)C2)CC1. The van der Waals surface area contributed by atoms with Crippen molar-refractivity contribution in [2.45, 2.75) is 71.4 Å². The monoisotopic (exact) mass is 239 g/mol. The molecule has 1 N–H and O–H groups in total. The minimum absolute atomic E-state index is 0.0333. The molecule has 0 spiro atoms. The van der Waals surface area contributed by atoms with E-state index in [-0.39, 0.29) is 6.10 Å². The topological polar surface area (TPSA) is 23.5 Å². The Morgan fingerprint density at radius 1 is 1.00 bits per heavy atom. The van der Waals surface area contributed by atoms with Crippen molar-refractivity contribution in [2.75, 3.05) is 13.1 Å². The van der Waals surface area contributed by atoms with E-state index >= 15 is 0 Å². The lowest BCUT2D eigenvalue weighted by molar-refractivity contribution is 0.0296. The second-order valence-electron chi connectivity index (χ2n) is 7.15. The molecule has 2 nitrogen and oxygen atoms in total. The molecule has 17 heavy (non-hydrogen) atoms. The predicted molar refractivity (Wildman–Crippen MR) is 72.0 cm³/mol. The maximum atomic E-state index is 9.76. The summed E-state index contributed by atoms with van der Waals surface area (Å²) in [4.78, 5) is 2.64. The number of aliphatic hydroxyl groups excluding tert-OH is 1. The molecule has 0 aromatic heterocycles. The molecule has 0 bridgehead atoms. The Hall–Kier alpha value is -0.0800. The van der Waals surface area contributed by atoms with E-state index in [2.05, 4.69) is 25.7 Å². The summed E-state index contributed by atoms with van der Waals surface area (Å²) in [6, 6.07) is 0.666. The number of likely N-dealkylation sites (tertiary alicyclic amines) is 1. The van der Waals surface area contributed by atoms with E-state index in [1.54, 1.807) is 0 Å². The average molecular weight is 239 g/mol. The van der Waals surface area contributed by atoms with Gasteiger partial charge in [0.15, 0.2) is 0 Å². The van der Waals surface area contributed by atoms with Gasteiger partial charge in [-0.25, -0.2) is 0 Å². The van der Waals surface area contributed by atoms with E-state index in [0.29, 0.717) is 11.5 Å². The van der Waals surface area contributed by atoms with Crippen molar-refractivity contribution >= 4 is 0 Å². The first-order valence-corrected chi connectivity index (χ1v) is 7.39. The summed E-state index contributed by atoms with van der Waals surface area (Å²) in [5, 5.41) is 9.76. The molecule has 1 saturated carbocycles. The molecule has 0 aromatic rings. The summed E-state index contributed by atoms with van der Waals surface area (Å²) < 4.78 is 0. The molecule has 2 aliphatic rings. The first kappa shape index (κ1) is 13.4. The molecule has 2 rings (SSSR count). The van der Waals surface area contributed by atoms with Gasteiger partial charge in [0, 0.05) is 6.04 Å². The number of aliphatic hydroxyl groups is 1. The molecule has 100 valence electrons. The van der Waals surface area contributed by atoms with Crippen LogP contribution in [0.1, 0.15) is 59.3 Å². The van der Waals surface area contributed by atoms with Crippen molar-refractivity contribution in [1.29, 1.82) is 0 Å². The van der Waals surface area contributed by atoms with E-state index < -0.39 is 0 Å². The van der Waals surface area contributed by atoms with Crippen LogP contribution in [-0.2, 0) is 0 Å². The van der Waals surface area contributed by atoms with Crippen LogP contribution in [0.3, 0.4) is 0 Å².